The van der Waals surface area contributed by atoms with Gasteiger partial charge in [-0.3, -0.25) is 14.6 Å². The van der Waals surface area contributed by atoms with Crippen molar-refractivity contribution in [3.05, 3.63) is 102 Å². The summed E-state index contributed by atoms with van der Waals surface area (Å²) in [4.78, 5) is 31.2. The number of likely N-dealkylation sites (N-methyl/N-ethyl adjacent to an activating group) is 1. The van der Waals surface area contributed by atoms with Gasteiger partial charge in [-0.15, -0.1) is 0 Å². The molecule has 0 spiro atoms. The number of amides is 2. The number of carbonyl (C=O) groups is 2. The van der Waals surface area contributed by atoms with Crippen LogP contribution >= 0.6 is 0 Å². The Hall–Kier alpha value is -4.23. The van der Waals surface area contributed by atoms with Crippen LogP contribution in [0.4, 0.5) is 17.1 Å². The first-order chi connectivity index (χ1) is 16.5. The Bertz CT molecular complexity index is 1250. The van der Waals surface area contributed by atoms with E-state index in [2.05, 4.69) is 27.0 Å². The molecule has 1 aliphatic heterocycles. The van der Waals surface area contributed by atoms with E-state index in [1.807, 2.05) is 61.5 Å². The summed E-state index contributed by atoms with van der Waals surface area (Å²) in [7, 11) is 3.87. The van der Waals surface area contributed by atoms with Crippen LogP contribution < -0.4 is 16.0 Å². The van der Waals surface area contributed by atoms with Crippen molar-refractivity contribution in [1.82, 2.24) is 4.90 Å². The highest BCUT2D eigenvalue weighted by atomic mass is 16.2. The lowest BCUT2D eigenvalue weighted by atomic mass is 10.1. The van der Waals surface area contributed by atoms with Gasteiger partial charge in [-0.25, -0.2) is 0 Å². The van der Waals surface area contributed by atoms with Gasteiger partial charge in [0.1, 0.15) is 5.84 Å². The molecule has 0 fully saturated rings. The zero-order chi connectivity index (χ0) is 23.9. The Labute approximate surface area is 199 Å². The SMILES string of the molecule is CN(C)C/C=C/C(=O)Nc1ccc(C(=O)Nc2cccc(NC3=NCc4ccccc43)c2)cc1. The normalized spacial score (nSPS) is 12.4. The molecule has 3 aromatic carbocycles. The van der Waals surface area contributed by atoms with Gasteiger partial charge in [0.05, 0.1) is 6.54 Å². The van der Waals surface area contributed by atoms with Gasteiger partial charge in [-0.1, -0.05) is 36.4 Å². The van der Waals surface area contributed by atoms with Gasteiger partial charge >= 0.3 is 0 Å². The van der Waals surface area contributed by atoms with Crippen LogP contribution in [0.1, 0.15) is 21.5 Å². The summed E-state index contributed by atoms with van der Waals surface area (Å²) < 4.78 is 0. The van der Waals surface area contributed by atoms with E-state index in [0.717, 1.165) is 17.1 Å². The van der Waals surface area contributed by atoms with E-state index in [-0.39, 0.29) is 11.8 Å². The summed E-state index contributed by atoms with van der Waals surface area (Å²) in [6, 6.07) is 22.4. The number of benzene rings is 3. The first-order valence-electron chi connectivity index (χ1n) is 11.0. The molecule has 34 heavy (non-hydrogen) atoms. The van der Waals surface area contributed by atoms with E-state index in [1.54, 1.807) is 30.3 Å². The number of hydrogen-bond acceptors (Lipinski definition) is 5. The molecule has 0 saturated carbocycles. The van der Waals surface area contributed by atoms with Crippen LogP contribution in [0.3, 0.4) is 0 Å². The summed E-state index contributed by atoms with van der Waals surface area (Å²) in [5.74, 6) is 0.385. The number of aliphatic imine (C=N–C) groups is 1. The summed E-state index contributed by atoms with van der Waals surface area (Å²) in [6.07, 6.45) is 3.29. The number of nitrogens with one attached hydrogen (secondary N) is 3. The molecule has 3 N–H and O–H groups in total. The van der Waals surface area contributed by atoms with Gasteiger partial charge in [0.2, 0.25) is 5.91 Å². The highest BCUT2D eigenvalue weighted by molar-refractivity contribution is 6.11. The Kier molecular flexibility index (Phi) is 7.15. The number of rotatable bonds is 7. The quantitative estimate of drug-likeness (QED) is 0.464. The van der Waals surface area contributed by atoms with Crippen molar-refractivity contribution in [3.8, 4) is 0 Å². The van der Waals surface area contributed by atoms with Gasteiger partial charge in [-0.05, 0) is 62.1 Å². The Morgan fingerprint density at radius 3 is 2.47 bits per heavy atom. The molecular weight excluding hydrogens is 426 g/mol. The second kappa shape index (κ2) is 10.6. The maximum Gasteiger partial charge on any atom is 0.255 e. The number of anilines is 3. The third-order valence-corrected chi connectivity index (χ3v) is 5.22. The minimum atomic E-state index is -0.232. The second-order valence-electron chi connectivity index (χ2n) is 8.21. The molecule has 0 aliphatic carbocycles. The molecule has 0 radical (unpaired) electrons. The molecule has 172 valence electrons. The van der Waals surface area contributed by atoms with Crippen molar-refractivity contribution in [2.24, 2.45) is 4.99 Å². The lowest BCUT2D eigenvalue weighted by molar-refractivity contribution is -0.111. The molecule has 0 saturated heterocycles. The van der Waals surface area contributed by atoms with E-state index in [9.17, 15) is 9.59 Å². The minimum Gasteiger partial charge on any atom is -0.340 e. The van der Waals surface area contributed by atoms with Crippen LogP contribution in [0.5, 0.6) is 0 Å². The number of carbonyl (C=O) groups excluding carboxylic acids is 2. The fourth-order valence-corrected chi connectivity index (χ4v) is 3.52. The van der Waals surface area contributed by atoms with Crippen LogP contribution in [-0.4, -0.2) is 43.2 Å². The summed E-state index contributed by atoms with van der Waals surface area (Å²) in [6.45, 7) is 1.35. The molecule has 7 nitrogen and oxygen atoms in total. The molecule has 0 atom stereocenters. The predicted molar refractivity (Wildman–Crippen MR) is 137 cm³/mol. The molecule has 0 aromatic heterocycles. The molecule has 3 aromatic rings. The minimum absolute atomic E-state index is 0.210. The lowest BCUT2D eigenvalue weighted by Crippen LogP contribution is -2.14. The van der Waals surface area contributed by atoms with Crippen LogP contribution in [0, 0.1) is 0 Å². The highest BCUT2D eigenvalue weighted by Gasteiger charge is 2.15. The number of amidine groups is 1. The predicted octanol–water partition coefficient (Wildman–Crippen LogP) is 4.37. The lowest BCUT2D eigenvalue weighted by Gasteiger charge is -2.11. The average Bonchev–Trinajstić information content (AvgIpc) is 3.22. The average molecular weight is 454 g/mol. The van der Waals surface area contributed by atoms with Crippen molar-refractivity contribution >= 4 is 34.7 Å². The third-order valence-electron chi connectivity index (χ3n) is 5.22. The zero-order valence-corrected chi connectivity index (χ0v) is 19.2. The molecule has 0 bridgehead atoms. The van der Waals surface area contributed by atoms with E-state index in [1.165, 1.54) is 11.6 Å². The van der Waals surface area contributed by atoms with Crippen LogP contribution in [0.15, 0.2) is 89.9 Å². The first-order valence-corrected chi connectivity index (χ1v) is 11.0. The van der Waals surface area contributed by atoms with Crippen LogP contribution in [0.2, 0.25) is 0 Å². The molecular formula is C27H27N5O2. The molecule has 0 unspecified atom stereocenters. The molecule has 2 amide bonds. The highest BCUT2D eigenvalue weighted by Crippen LogP contribution is 2.22. The topological polar surface area (TPSA) is 85.8 Å². The van der Waals surface area contributed by atoms with Crippen molar-refractivity contribution in [2.75, 3.05) is 36.6 Å². The van der Waals surface area contributed by atoms with Crippen molar-refractivity contribution < 1.29 is 9.59 Å². The van der Waals surface area contributed by atoms with Crippen LogP contribution in [-0.2, 0) is 11.3 Å². The Morgan fingerprint density at radius 2 is 1.68 bits per heavy atom. The number of nitrogens with zero attached hydrogens (tertiary/aromatic N) is 2. The van der Waals surface area contributed by atoms with Gasteiger partial charge in [0.15, 0.2) is 0 Å². The summed E-state index contributed by atoms with van der Waals surface area (Å²) in [5, 5.41) is 9.05. The standard InChI is InChI=1S/C27H27N5O2/c1-32(2)16-6-11-25(33)29-21-14-12-19(13-15-21)27(34)31-23-9-5-8-22(17-23)30-26-24-10-4-3-7-20(24)18-28-26/h3-15,17H,16,18H2,1-2H3,(H,28,30)(H,29,33)(H,31,34)/b11-6+. The largest absolute Gasteiger partial charge is 0.340 e. The van der Waals surface area contributed by atoms with Gasteiger partial charge in [0.25, 0.3) is 5.91 Å². The maximum atomic E-state index is 12.7. The monoisotopic (exact) mass is 453 g/mol. The maximum absolute atomic E-state index is 12.7. The fourth-order valence-electron chi connectivity index (χ4n) is 3.52. The molecule has 1 heterocycles. The third kappa shape index (κ3) is 5.96. The van der Waals surface area contributed by atoms with Crippen LogP contribution in [0.25, 0.3) is 0 Å². The van der Waals surface area contributed by atoms with Crippen molar-refractivity contribution in [2.45, 2.75) is 6.54 Å². The Balaban J connectivity index is 1.35. The van der Waals surface area contributed by atoms with Gasteiger partial charge < -0.3 is 20.9 Å². The van der Waals surface area contributed by atoms with Crippen molar-refractivity contribution in [3.63, 3.8) is 0 Å². The van der Waals surface area contributed by atoms with E-state index in [4.69, 9.17) is 0 Å². The number of fused-ring (bicyclic) bond motifs is 1. The van der Waals surface area contributed by atoms with Crippen molar-refractivity contribution in [1.29, 1.82) is 0 Å². The summed E-state index contributed by atoms with van der Waals surface area (Å²) in [5.41, 5.74) is 4.92. The second-order valence-corrected chi connectivity index (χ2v) is 8.21. The van der Waals surface area contributed by atoms with Gasteiger partial charge in [-0.2, -0.15) is 0 Å². The first kappa shape index (κ1) is 22.9. The molecule has 1 aliphatic rings. The number of hydrogen-bond donors (Lipinski definition) is 3. The Morgan fingerprint density at radius 1 is 0.912 bits per heavy atom. The smallest absolute Gasteiger partial charge is 0.255 e. The van der Waals surface area contributed by atoms with Gasteiger partial charge in [0, 0.05) is 40.8 Å². The van der Waals surface area contributed by atoms with E-state index in [0.29, 0.717) is 30.0 Å². The fraction of sp³-hybridized carbons (Fsp3) is 0.148. The molecule has 7 heteroatoms. The summed E-state index contributed by atoms with van der Waals surface area (Å²) >= 11 is 0. The van der Waals surface area contributed by atoms with E-state index >= 15 is 0 Å². The molecule has 4 rings (SSSR count). The zero-order valence-electron chi connectivity index (χ0n) is 19.2. The van der Waals surface area contributed by atoms with E-state index < -0.39 is 0 Å².